The van der Waals surface area contributed by atoms with E-state index in [1.165, 1.54) is 0 Å². The number of carbonyl (C=O) groups is 1. The van der Waals surface area contributed by atoms with E-state index in [9.17, 15) is 31.9 Å². The van der Waals surface area contributed by atoms with Crippen molar-refractivity contribution < 1.29 is 31.9 Å². The van der Waals surface area contributed by atoms with Crippen LogP contribution >= 0.6 is 0 Å². The fourth-order valence-electron chi connectivity index (χ4n) is 1.84. The second kappa shape index (κ2) is 5.32. The van der Waals surface area contributed by atoms with Crippen molar-refractivity contribution in [3.63, 3.8) is 0 Å². The summed E-state index contributed by atoms with van der Waals surface area (Å²) in [4.78, 5) is 12.0. The van der Waals surface area contributed by atoms with Crippen LogP contribution in [0.15, 0.2) is 36.0 Å². The van der Waals surface area contributed by atoms with Crippen LogP contribution < -0.4 is 5.43 Å². The first-order valence-electron chi connectivity index (χ1n) is 5.67. The number of carbonyl (C=O) groups excluding carboxylic acids is 1. The van der Waals surface area contributed by atoms with E-state index in [2.05, 4.69) is 0 Å². The van der Waals surface area contributed by atoms with Gasteiger partial charge in [0.25, 0.3) is 18.4 Å². The maximum Gasteiger partial charge on any atom is 0.291 e. The molecular weight excluding hydrogens is 299 g/mol. The van der Waals surface area contributed by atoms with Crippen molar-refractivity contribution in [2.45, 2.75) is 18.6 Å². The summed E-state index contributed by atoms with van der Waals surface area (Å²) in [5.41, 5.74) is -2.57. The lowest BCUT2D eigenvalue weighted by molar-refractivity contribution is -0.168. The Morgan fingerprint density at radius 2 is 1.86 bits per heavy atom. The highest BCUT2D eigenvalue weighted by Gasteiger charge is 2.53. The number of amides is 1. The molecule has 1 aliphatic rings. The Balaban J connectivity index is 2.38. The van der Waals surface area contributed by atoms with Gasteiger partial charge in [-0.3, -0.25) is 10.2 Å². The number of benzene rings is 1. The molecule has 2 rings (SSSR count). The van der Waals surface area contributed by atoms with Crippen molar-refractivity contribution in [2.75, 3.05) is 0 Å². The second-order valence-corrected chi connectivity index (χ2v) is 4.35. The summed E-state index contributed by atoms with van der Waals surface area (Å²) in [5.74, 6) is -1.85. The zero-order valence-corrected chi connectivity index (χ0v) is 10.3. The summed E-state index contributed by atoms with van der Waals surface area (Å²) < 4.78 is 63.7. The average Bonchev–Trinajstić information content (AvgIpc) is 2.78. The molecular formula is C12H9F5N2O2. The lowest BCUT2D eigenvalue weighted by Crippen LogP contribution is -2.55. The second-order valence-electron chi connectivity index (χ2n) is 4.35. The Hall–Kier alpha value is -2.16. The highest BCUT2D eigenvalue weighted by molar-refractivity contribution is 5.94. The van der Waals surface area contributed by atoms with E-state index in [0.717, 1.165) is 24.3 Å². The number of nitrogens with one attached hydrogen (secondary N) is 1. The fraction of sp³-hybridized carbons (Fsp3) is 0.250. The third-order valence-corrected chi connectivity index (χ3v) is 2.94. The lowest BCUT2D eigenvalue weighted by atomic mass is 10.1. The van der Waals surface area contributed by atoms with Gasteiger partial charge in [0, 0.05) is 5.56 Å². The van der Waals surface area contributed by atoms with Crippen molar-refractivity contribution in [1.29, 1.82) is 0 Å². The first-order chi connectivity index (χ1) is 9.75. The molecule has 0 spiro atoms. The van der Waals surface area contributed by atoms with Crippen LogP contribution in [0.5, 0.6) is 0 Å². The molecule has 1 amide bonds. The molecule has 1 fully saturated rings. The SMILES string of the molecule is O=C(c1ccc(F)cc1)N1NC(=C(F)F)CC1(O)C(F)F. The summed E-state index contributed by atoms with van der Waals surface area (Å²) >= 11 is 0. The van der Waals surface area contributed by atoms with Gasteiger partial charge in [0.2, 0.25) is 5.72 Å². The maximum absolute atomic E-state index is 12.9. The van der Waals surface area contributed by atoms with Crippen LogP contribution in [0.4, 0.5) is 22.0 Å². The summed E-state index contributed by atoms with van der Waals surface area (Å²) in [6.07, 6.45) is -6.94. The molecule has 1 aromatic rings. The van der Waals surface area contributed by atoms with Crippen molar-refractivity contribution in [3.05, 3.63) is 47.4 Å². The number of hydrazine groups is 1. The molecule has 2 N–H and O–H groups in total. The van der Waals surface area contributed by atoms with Gasteiger partial charge >= 0.3 is 0 Å². The number of nitrogens with zero attached hydrogens (tertiary/aromatic N) is 1. The van der Waals surface area contributed by atoms with E-state index in [1.807, 2.05) is 0 Å². The van der Waals surface area contributed by atoms with E-state index in [-0.39, 0.29) is 10.6 Å². The maximum atomic E-state index is 12.9. The summed E-state index contributed by atoms with van der Waals surface area (Å²) in [6, 6.07) is 3.77. The normalized spacial score (nSPS) is 21.7. The quantitative estimate of drug-likeness (QED) is 0.824. The summed E-state index contributed by atoms with van der Waals surface area (Å²) in [7, 11) is 0. The third-order valence-electron chi connectivity index (χ3n) is 2.94. The molecule has 0 saturated carbocycles. The Morgan fingerprint density at radius 1 is 1.29 bits per heavy atom. The minimum Gasteiger partial charge on any atom is -0.364 e. The molecule has 4 nitrogen and oxygen atoms in total. The van der Waals surface area contributed by atoms with E-state index in [1.54, 1.807) is 5.43 Å². The molecule has 0 aromatic heterocycles. The van der Waals surface area contributed by atoms with Gasteiger partial charge in [0.15, 0.2) is 0 Å². The van der Waals surface area contributed by atoms with Crippen molar-refractivity contribution >= 4 is 5.91 Å². The van der Waals surface area contributed by atoms with Crippen LogP contribution in [0, 0.1) is 5.82 Å². The van der Waals surface area contributed by atoms with Gasteiger partial charge < -0.3 is 5.11 Å². The van der Waals surface area contributed by atoms with Crippen LogP contribution in [0.1, 0.15) is 16.8 Å². The lowest BCUT2D eigenvalue weighted by Gasteiger charge is -2.31. The van der Waals surface area contributed by atoms with Crippen molar-refractivity contribution in [3.8, 4) is 0 Å². The van der Waals surface area contributed by atoms with E-state index in [4.69, 9.17) is 0 Å². The van der Waals surface area contributed by atoms with E-state index >= 15 is 0 Å². The largest absolute Gasteiger partial charge is 0.364 e. The van der Waals surface area contributed by atoms with Crippen LogP contribution in [0.25, 0.3) is 0 Å². The van der Waals surface area contributed by atoms with Gasteiger partial charge in [-0.05, 0) is 24.3 Å². The minimum atomic E-state index is -3.48. The molecule has 114 valence electrons. The molecule has 1 heterocycles. The van der Waals surface area contributed by atoms with E-state index < -0.39 is 42.1 Å². The number of hydrogen-bond donors (Lipinski definition) is 2. The molecule has 21 heavy (non-hydrogen) atoms. The number of aliphatic hydroxyl groups is 1. The van der Waals surface area contributed by atoms with Gasteiger partial charge in [0.1, 0.15) is 11.5 Å². The molecule has 9 heteroatoms. The molecule has 1 atom stereocenters. The smallest absolute Gasteiger partial charge is 0.291 e. The van der Waals surface area contributed by atoms with Crippen LogP contribution in [-0.4, -0.2) is 28.2 Å². The number of halogens is 5. The van der Waals surface area contributed by atoms with Crippen LogP contribution in [-0.2, 0) is 0 Å². The molecule has 0 aliphatic carbocycles. The summed E-state index contributed by atoms with van der Waals surface area (Å²) in [6.45, 7) is 0. The fourth-order valence-corrected chi connectivity index (χ4v) is 1.84. The number of alkyl halides is 2. The topological polar surface area (TPSA) is 52.6 Å². The van der Waals surface area contributed by atoms with Crippen LogP contribution in [0.2, 0.25) is 0 Å². The van der Waals surface area contributed by atoms with E-state index in [0.29, 0.717) is 0 Å². The summed E-state index contributed by atoms with van der Waals surface area (Å²) in [5, 5.41) is 9.81. The number of rotatable bonds is 2. The Kier molecular flexibility index (Phi) is 3.86. The van der Waals surface area contributed by atoms with Gasteiger partial charge in [-0.1, -0.05) is 0 Å². The highest BCUT2D eigenvalue weighted by Crippen LogP contribution is 2.35. The molecule has 1 saturated heterocycles. The predicted molar refractivity (Wildman–Crippen MR) is 60.5 cm³/mol. The molecule has 1 aromatic carbocycles. The van der Waals surface area contributed by atoms with Gasteiger partial charge in [-0.2, -0.15) is 8.78 Å². The van der Waals surface area contributed by atoms with Crippen molar-refractivity contribution in [1.82, 2.24) is 10.4 Å². The first-order valence-corrected chi connectivity index (χ1v) is 5.67. The molecule has 1 unspecified atom stereocenters. The standard InChI is InChI=1S/C12H9F5N2O2/c13-7-3-1-6(2-4-7)10(20)19-12(21,11(16)17)5-8(18-19)9(14)15/h1-4,11,18,21H,5H2. The minimum absolute atomic E-state index is 0.0272. The molecule has 1 aliphatic heterocycles. The Bertz CT molecular complexity index is 586. The zero-order valence-electron chi connectivity index (χ0n) is 10.3. The average molecular weight is 308 g/mol. The number of hydrogen-bond acceptors (Lipinski definition) is 3. The molecule has 0 bridgehead atoms. The van der Waals surface area contributed by atoms with Gasteiger partial charge in [0.05, 0.1) is 6.42 Å². The van der Waals surface area contributed by atoms with Crippen molar-refractivity contribution in [2.24, 2.45) is 0 Å². The Morgan fingerprint density at radius 3 is 2.33 bits per heavy atom. The van der Waals surface area contributed by atoms with Gasteiger partial charge in [-0.25, -0.2) is 18.2 Å². The Labute approximate surface area is 115 Å². The van der Waals surface area contributed by atoms with Gasteiger partial charge in [-0.15, -0.1) is 0 Å². The first kappa shape index (κ1) is 15.2. The monoisotopic (exact) mass is 308 g/mol. The molecule has 0 radical (unpaired) electrons. The predicted octanol–water partition coefficient (Wildman–Crippen LogP) is 2.24. The highest BCUT2D eigenvalue weighted by atomic mass is 19.3. The zero-order chi connectivity index (χ0) is 15.8. The van der Waals surface area contributed by atoms with Crippen LogP contribution in [0.3, 0.4) is 0 Å². The third kappa shape index (κ3) is 2.68.